The van der Waals surface area contributed by atoms with Gasteiger partial charge in [0, 0.05) is 5.38 Å². The SMILES string of the molecule is CC1(Cc2ccc(C(C)(C)C)cc2)CCC(Cl)C1. The molecule has 2 unspecified atom stereocenters. The van der Waals surface area contributed by atoms with Gasteiger partial charge >= 0.3 is 0 Å². The summed E-state index contributed by atoms with van der Waals surface area (Å²) in [6.45, 7) is 9.17. The Morgan fingerprint density at radius 3 is 2.28 bits per heavy atom. The lowest BCUT2D eigenvalue weighted by molar-refractivity contribution is 0.335. The molecule has 1 saturated carbocycles. The summed E-state index contributed by atoms with van der Waals surface area (Å²) in [6.07, 6.45) is 4.77. The highest BCUT2D eigenvalue weighted by molar-refractivity contribution is 6.20. The van der Waals surface area contributed by atoms with Crippen molar-refractivity contribution in [2.24, 2.45) is 5.41 Å². The zero-order valence-electron chi connectivity index (χ0n) is 12.1. The van der Waals surface area contributed by atoms with Gasteiger partial charge in [-0.3, -0.25) is 0 Å². The maximum atomic E-state index is 6.25. The first-order valence-electron chi connectivity index (χ1n) is 7.02. The van der Waals surface area contributed by atoms with Crippen molar-refractivity contribution in [3.05, 3.63) is 35.4 Å². The molecule has 2 rings (SSSR count). The van der Waals surface area contributed by atoms with Crippen molar-refractivity contribution in [1.82, 2.24) is 0 Å². The Morgan fingerprint density at radius 1 is 1.22 bits per heavy atom. The molecule has 1 aliphatic carbocycles. The molecule has 1 aliphatic rings. The van der Waals surface area contributed by atoms with Gasteiger partial charge < -0.3 is 0 Å². The zero-order valence-corrected chi connectivity index (χ0v) is 12.8. The van der Waals surface area contributed by atoms with E-state index in [9.17, 15) is 0 Å². The van der Waals surface area contributed by atoms with Gasteiger partial charge in [0.25, 0.3) is 0 Å². The summed E-state index contributed by atoms with van der Waals surface area (Å²) in [5.41, 5.74) is 3.53. The number of halogens is 1. The Morgan fingerprint density at radius 2 is 1.83 bits per heavy atom. The smallest absolute Gasteiger partial charge is 0.0341 e. The zero-order chi connectivity index (χ0) is 13.4. The third kappa shape index (κ3) is 3.29. The van der Waals surface area contributed by atoms with E-state index in [-0.39, 0.29) is 5.41 Å². The summed E-state index contributed by atoms with van der Waals surface area (Å²) in [6, 6.07) is 9.17. The largest absolute Gasteiger partial charge is 0.123 e. The first kappa shape index (κ1) is 13.9. The molecule has 0 aromatic heterocycles. The summed E-state index contributed by atoms with van der Waals surface area (Å²) in [4.78, 5) is 0. The number of alkyl halides is 1. The molecule has 0 spiro atoms. The fraction of sp³-hybridized carbons (Fsp3) is 0.647. The van der Waals surface area contributed by atoms with Crippen LogP contribution >= 0.6 is 11.6 Å². The summed E-state index contributed by atoms with van der Waals surface area (Å²) in [5.74, 6) is 0. The number of hydrogen-bond acceptors (Lipinski definition) is 0. The molecule has 0 aliphatic heterocycles. The van der Waals surface area contributed by atoms with Gasteiger partial charge in [-0.25, -0.2) is 0 Å². The number of hydrogen-bond donors (Lipinski definition) is 0. The highest BCUT2D eigenvalue weighted by Gasteiger charge is 2.34. The van der Waals surface area contributed by atoms with Crippen LogP contribution in [0.4, 0.5) is 0 Å². The van der Waals surface area contributed by atoms with E-state index >= 15 is 0 Å². The molecule has 0 heterocycles. The van der Waals surface area contributed by atoms with Gasteiger partial charge in [-0.1, -0.05) is 52.0 Å². The van der Waals surface area contributed by atoms with E-state index < -0.39 is 0 Å². The van der Waals surface area contributed by atoms with E-state index in [0.29, 0.717) is 10.8 Å². The Kier molecular flexibility index (Phi) is 3.78. The molecular weight excluding hydrogens is 240 g/mol. The average Bonchev–Trinajstić information content (AvgIpc) is 2.58. The van der Waals surface area contributed by atoms with Crippen molar-refractivity contribution in [3.63, 3.8) is 0 Å². The lowest BCUT2D eigenvalue weighted by Crippen LogP contribution is -2.16. The minimum Gasteiger partial charge on any atom is -0.123 e. The third-order valence-corrected chi connectivity index (χ3v) is 4.60. The summed E-state index contributed by atoms with van der Waals surface area (Å²) < 4.78 is 0. The van der Waals surface area contributed by atoms with Crippen LogP contribution < -0.4 is 0 Å². The maximum Gasteiger partial charge on any atom is 0.0341 e. The van der Waals surface area contributed by atoms with Crippen LogP contribution in [-0.2, 0) is 11.8 Å². The Balaban J connectivity index is 2.07. The fourth-order valence-corrected chi connectivity index (χ4v) is 3.50. The highest BCUT2D eigenvalue weighted by atomic mass is 35.5. The Bertz CT molecular complexity index is 399. The van der Waals surface area contributed by atoms with E-state index in [1.807, 2.05) is 0 Å². The maximum absolute atomic E-state index is 6.25. The molecule has 0 amide bonds. The molecular formula is C17H25Cl. The van der Waals surface area contributed by atoms with Gasteiger partial charge in [-0.05, 0) is 47.6 Å². The standard InChI is InChI=1S/C17H25Cl/c1-16(2,3)14-7-5-13(6-8-14)11-17(4)10-9-15(18)12-17/h5-8,15H,9-12H2,1-4H3. The minimum absolute atomic E-state index is 0.247. The van der Waals surface area contributed by atoms with Crippen LogP contribution in [0.15, 0.2) is 24.3 Å². The van der Waals surface area contributed by atoms with Gasteiger partial charge in [-0.15, -0.1) is 11.6 Å². The Hall–Kier alpha value is -0.490. The molecule has 2 atom stereocenters. The van der Waals surface area contributed by atoms with Crippen LogP contribution in [0.1, 0.15) is 58.1 Å². The topological polar surface area (TPSA) is 0 Å². The van der Waals surface area contributed by atoms with Crippen LogP contribution in [0.5, 0.6) is 0 Å². The van der Waals surface area contributed by atoms with E-state index in [0.717, 1.165) is 6.42 Å². The molecule has 1 fully saturated rings. The van der Waals surface area contributed by atoms with Gasteiger partial charge in [0.15, 0.2) is 0 Å². The van der Waals surface area contributed by atoms with Crippen molar-refractivity contribution in [3.8, 4) is 0 Å². The first-order chi connectivity index (χ1) is 8.28. The minimum atomic E-state index is 0.247. The molecule has 1 aromatic carbocycles. The normalized spacial score (nSPS) is 28.6. The lowest BCUT2D eigenvalue weighted by Gasteiger charge is -2.24. The van der Waals surface area contributed by atoms with Crippen LogP contribution in [0, 0.1) is 5.41 Å². The van der Waals surface area contributed by atoms with Crippen LogP contribution in [0.2, 0.25) is 0 Å². The van der Waals surface area contributed by atoms with Crippen molar-refractivity contribution in [1.29, 1.82) is 0 Å². The summed E-state index contributed by atoms with van der Waals surface area (Å²) in [5, 5.41) is 0.392. The van der Waals surface area contributed by atoms with Crippen molar-refractivity contribution >= 4 is 11.6 Å². The van der Waals surface area contributed by atoms with Gasteiger partial charge in [0.1, 0.15) is 0 Å². The molecule has 1 aromatic rings. The first-order valence-corrected chi connectivity index (χ1v) is 7.46. The quantitative estimate of drug-likeness (QED) is 0.634. The monoisotopic (exact) mass is 264 g/mol. The molecule has 0 saturated heterocycles. The fourth-order valence-electron chi connectivity index (χ4n) is 3.02. The van der Waals surface area contributed by atoms with Crippen molar-refractivity contribution in [2.75, 3.05) is 0 Å². The molecule has 18 heavy (non-hydrogen) atoms. The third-order valence-electron chi connectivity index (χ3n) is 4.23. The summed E-state index contributed by atoms with van der Waals surface area (Å²) in [7, 11) is 0. The highest BCUT2D eigenvalue weighted by Crippen LogP contribution is 2.42. The Labute approximate surface area is 117 Å². The molecule has 100 valence electrons. The van der Waals surface area contributed by atoms with Crippen LogP contribution in [0.25, 0.3) is 0 Å². The second kappa shape index (κ2) is 4.89. The van der Waals surface area contributed by atoms with Gasteiger partial charge in [-0.2, -0.15) is 0 Å². The van der Waals surface area contributed by atoms with E-state index in [1.54, 1.807) is 0 Å². The molecule has 1 heteroatoms. The van der Waals surface area contributed by atoms with Crippen molar-refractivity contribution in [2.45, 2.75) is 64.2 Å². The predicted molar refractivity (Wildman–Crippen MR) is 80.4 cm³/mol. The second-order valence-electron chi connectivity index (χ2n) is 7.27. The van der Waals surface area contributed by atoms with Gasteiger partial charge in [0.05, 0.1) is 0 Å². The van der Waals surface area contributed by atoms with Crippen LogP contribution in [0.3, 0.4) is 0 Å². The molecule has 0 radical (unpaired) electrons. The molecule has 0 nitrogen and oxygen atoms in total. The van der Waals surface area contributed by atoms with E-state index in [4.69, 9.17) is 11.6 Å². The molecule has 0 N–H and O–H groups in total. The second-order valence-corrected chi connectivity index (χ2v) is 7.89. The molecule has 0 bridgehead atoms. The van der Waals surface area contributed by atoms with Gasteiger partial charge in [0.2, 0.25) is 0 Å². The number of benzene rings is 1. The predicted octanol–water partition coefficient (Wildman–Crippen LogP) is 5.32. The van der Waals surface area contributed by atoms with Crippen LogP contribution in [-0.4, -0.2) is 5.38 Å². The van der Waals surface area contributed by atoms with E-state index in [1.165, 1.54) is 30.4 Å². The van der Waals surface area contributed by atoms with E-state index in [2.05, 4.69) is 52.0 Å². The number of rotatable bonds is 2. The lowest BCUT2D eigenvalue weighted by atomic mass is 9.81. The van der Waals surface area contributed by atoms with Crippen molar-refractivity contribution < 1.29 is 0 Å². The summed E-state index contributed by atoms with van der Waals surface area (Å²) >= 11 is 6.25. The average molecular weight is 265 g/mol.